The Hall–Kier alpha value is -2.71. The molecule has 1 saturated heterocycles. The van der Waals surface area contributed by atoms with E-state index in [9.17, 15) is 4.79 Å². The Morgan fingerprint density at radius 3 is 2.73 bits per heavy atom. The minimum Gasteiger partial charge on any atom is -0.356 e. The number of thiazole rings is 1. The van der Waals surface area contributed by atoms with E-state index in [0.29, 0.717) is 32.4 Å². The second-order valence-electron chi connectivity index (χ2n) is 7.25. The molecule has 2 N–H and O–H groups in total. The molecule has 156 valence electrons. The van der Waals surface area contributed by atoms with Crippen LogP contribution in [0.25, 0.3) is 0 Å². The third-order valence-corrected chi connectivity index (χ3v) is 6.16. The van der Waals surface area contributed by atoms with Gasteiger partial charge in [0.2, 0.25) is 0 Å². The quantitative estimate of drug-likeness (QED) is 0.565. The Bertz CT molecular complexity index is 1040. The molecule has 0 unspecified atom stereocenters. The topological polar surface area (TPSA) is 83.0 Å². The zero-order chi connectivity index (χ0) is 21.1. The molecule has 7 nitrogen and oxygen atoms in total. The third-order valence-electron chi connectivity index (χ3n) is 4.93. The second-order valence-corrected chi connectivity index (χ2v) is 8.68. The standard InChI is InChI=1S/C21H23ClN6OS/c1-13-7-6-8-15(22)19(13)27-20(29)16-12-23-21(30-16)26-17-11-18(25-14(2)24-17)28-9-4-3-5-10-28/h6-8,11-12H,3-5,9-10H2,1-2H3,(H,27,29)(H,23,24,25,26). The summed E-state index contributed by atoms with van der Waals surface area (Å²) in [5.74, 6) is 2.05. The van der Waals surface area contributed by atoms with Gasteiger partial charge in [0, 0.05) is 19.2 Å². The highest BCUT2D eigenvalue weighted by Crippen LogP contribution is 2.28. The molecule has 0 radical (unpaired) electrons. The predicted molar refractivity (Wildman–Crippen MR) is 122 cm³/mol. The van der Waals surface area contributed by atoms with Crippen LogP contribution in [-0.2, 0) is 0 Å². The van der Waals surface area contributed by atoms with Crippen molar-refractivity contribution in [2.24, 2.45) is 0 Å². The number of hydrogen-bond acceptors (Lipinski definition) is 7. The molecule has 4 rings (SSSR count). The van der Waals surface area contributed by atoms with Gasteiger partial charge in [-0.15, -0.1) is 0 Å². The number of halogens is 1. The van der Waals surface area contributed by atoms with Gasteiger partial charge >= 0.3 is 0 Å². The first kappa shape index (κ1) is 20.6. The Balaban J connectivity index is 1.48. The van der Waals surface area contributed by atoms with Gasteiger partial charge in [0.25, 0.3) is 5.91 Å². The second kappa shape index (κ2) is 8.97. The van der Waals surface area contributed by atoms with Gasteiger partial charge in [0.15, 0.2) is 5.13 Å². The Labute approximate surface area is 184 Å². The smallest absolute Gasteiger partial charge is 0.267 e. The highest BCUT2D eigenvalue weighted by Gasteiger charge is 2.16. The molecule has 0 spiro atoms. The minimum atomic E-state index is -0.246. The number of benzene rings is 1. The summed E-state index contributed by atoms with van der Waals surface area (Å²) < 4.78 is 0. The number of carbonyl (C=O) groups is 1. The number of anilines is 4. The Kier molecular flexibility index (Phi) is 6.15. The highest BCUT2D eigenvalue weighted by molar-refractivity contribution is 7.17. The molecule has 30 heavy (non-hydrogen) atoms. The number of nitrogens with one attached hydrogen (secondary N) is 2. The summed E-state index contributed by atoms with van der Waals surface area (Å²) >= 11 is 7.47. The summed E-state index contributed by atoms with van der Waals surface area (Å²) in [5, 5.41) is 7.19. The molecule has 1 aromatic carbocycles. The maximum atomic E-state index is 12.6. The van der Waals surface area contributed by atoms with Crippen molar-refractivity contribution in [3.8, 4) is 0 Å². The molecule has 0 saturated carbocycles. The first-order valence-electron chi connectivity index (χ1n) is 9.89. The Morgan fingerprint density at radius 1 is 1.17 bits per heavy atom. The van der Waals surface area contributed by atoms with Gasteiger partial charge in [-0.05, 0) is 44.7 Å². The number of aryl methyl sites for hydroxylation is 2. The summed E-state index contributed by atoms with van der Waals surface area (Å²) in [7, 11) is 0. The van der Waals surface area contributed by atoms with E-state index in [2.05, 4.69) is 30.5 Å². The average molecular weight is 443 g/mol. The number of rotatable bonds is 5. The maximum absolute atomic E-state index is 12.6. The van der Waals surface area contributed by atoms with Crippen molar-refractivity contribution < 1.29 is 4.79 Å². The fraction of sp³-hybridized carbons (Fsp3) is 0.333. The van der Waals surface area contributed by atoms with Gasteiger partial charge in [-0.25, -0.2) is 15.0 Å². The van der Waals surface area contributed by atoms with Crippen molar-refractivity contribution in [2.75, 3.05) is 28.6 Å². The molecule has 0 aliphatic carbocycles. The molecular weight excluding hydrogens is 420 g/mol. The van der Waals surface area contributed by atoms with Gasteiger partial charge in [-0.3, -0.25) is 4.79 Å². The number of para-hydroxylation sites is 1. The van der Waals surface area contributed by atoms with Gasteiger partial charge in [-0.2, -0.15) is 0 Å². The zero-order valence-corrected chi connectivity index (χ0v) is 18.5. The van der Waals surface area contributed by atoms with Crippen molar-refractivity contribution in [3.63, 3.8) is 0 Å². The molecular formula is C21H23ClN6OS. The molecule has 1 fully saturated rings. The zero-order valence-electron chi connectivity index (χ0n) is 16.9. The van der Waals surface area contributed by atoms with Crippen molar-refractivity contribution in [1.29, 1.82) is 0 Å². The number of aromatic nitrogens is 3. The van der Waals surface area contributed by atoms with Crippen molar-refractivity contribution in [1.82, 2.24) is 15.0 Å². The third kappa shape index (κ3) is 4.71. The van der Waals surface area contributed by atoms with Crippen LogP contribution < -0.4 is 15.5 Å². The average Bonchev–Trinajstić information content (AvgIpc) is 3.19. The van der Waals surface area contributed by atoms with Gasteiger partial charge in [0.05, 0.1) is 16.9 Å². The normalized spacial score (nSPS) is 13.9. The fourth-order valence-corrected chi connectivity index (χ4v) is 4.40. The number of carbonyl (C=O) groups excluding carboxylic acids is 1. The number of hydrogen-bond donors (Lipinski definition) is 2. The summed E-state index contributed by atoms with van der Waals surface area (Å²) in [4.78, 5) is 28.8. The van der Waals surface area contributed by atoms with Crippen molar-refractivity contribution in [2.45, 2.75) is 33.1 Å². The van der Waals surface area contributed by atoms with Crippen LogP contribution in [0.3, 0.4) is 0 Å². The van der Waals surface area contributed by atoms with E-state index in [-0.39, 0.29) is 5.91 Å². The van der Waals surface area contributed by atoms with E-state index in [1.54, 1.807) is 12.3 Å². The molecule has 1 aliphatic rings. The van der Waals surface area contributed by atoms with E-state index in [1.807, 2.05) is 32.0 Å². The maximum Gasteiger partial charge on any atom is 0.267 e. The van der Waals surface area contributed by atoms with Crippen LogP contribution in [0.2, 0.25) is 5.02 Å². The molecule has 3 aromatic rings. The molecule has 3 heterocycles. The predicted octanol–water partition coefficient (Wildman–Crippen LogP) is 5.19. The van der Waals surface area contributed by atoms with Crippen LogP contribution in [-0.4, -0.2) is 33.9 Å². The summed E-state index contributed by atoms with van der Waals surface area (Å²) in [5.41, 5.74) is 1.52. The monoisotopic (exact) mass is 442 g/mol. The van der Waals surface area contributed by atoms with E-state index in [0.717, 1.165) is 24.5 Å². The fourth-order valence-electron chi connectivity index (χ4n) is 3.41. The lowest BCUT2D eigenvalue weighted by atomic mass is 10.1. The number of nitrogens with zero attached hydrogens (tertiary/aromatic N) is 4. The summed E-state index contributed by atoms with van der Waals surface area (Å²) in [6.07, 6.45) is 5.18. The highest BCUT2D eigenvalue weighted by atomic mass is 35.5. The van der Waals surface area contributed by atoms with Crippen molar-refractivity contribution >= 4 is 51.3 Å². The Morgan fingerprint density at radius 2 is 1.97 bits per heavy atom. The van der Waals surface area contributed by atoms with E-state index in [4.69, 9.17) is 11.6 Å². The first-order chi connectivity index (χ1) is 14.5. The number of piperidine rings is 1. The van der Waals surface area contributed by atoms with Gasteiger partial charge < -0.3 is 15.5 Å². The summed E-state index contributed by atoms with van der Waals surface area (Å²) in [6, 6.07) is 7.44. The number of amides is 1. The van der Waals surface area contributed by atoms with Gasteiger partial charge in [-0.1, -0.05) is 35.1 Å². The molecule has 1 aliphatic heterocycles. The van der Waals surface area contributed by atoms with E-state index in [1.165, 1.54) is 30.6 Å². The molecule has 0 atom stereocenters. The largest absolute Gasteiger partial charge is 0.356 e. The van der Waals surface area contributed by atoms with E-state index < -0.39 is 0 Å². The molecule has 9 heteroatoms. The van der Waals surface area contributed by atoms with Crippen LogP contribution in [0.1, 0.15) is 40.3 Å². The molecule has 2 aromatic heterocycles. The SMILES string of the molecule is Cc1nc(Nc2ncc(C(=O)Nc3c(C)cccc3Cl)s2)cc(N2CCCCC2)n1. The van der Waals surface area contributed by atoms with Crippen LogP contribution in [0.15, 0.2) is 30.5 Å². The molecule has 1 amide bonds. The lowest BCUT2D eigenvalue weighted by Gasteiger charge is -2.28. The van der Waals surface area contributed by atoms with Crippen LogP contribution in [0.5, 0.6) is 0 Å². The van der Waals surface area contributed by atoms with Crippen molar-refractivity contribution in [3.05, 3.63) is 51.7 Å². The van der Waals surface area contributed by atoms with Crippen LogP contribution in [0, 0.1) is 13.8 Å². The lowest BCUT2D eigenvalue weighted by molar-refractivity contribution is 0.103. The van der Waals surface area contributed by atoms with Crippen LogP contribution in [0.4, 0.5) is 22.5 Å². The van der Waals surface area contributed by atoms with E-state index >= 15 is 0 Å². The van der Waals surface area contributed by atoms with Gasteiger partial charge in [0.1, 0.15) is 22.3 Å². The first-order valence-corrected chi connectivity index (χ1v) is 11.1. The summed E-state index contributed by atoms with van der Waals surface area (Å²) in [6.45, 7) is 5.81. The molecule has 0 bridgehead atoms. The minimum absolute atomic E-state index is 0.246. The van der Waals surface area contributed by atoms with Crippen LogP contribution >= 0.6 is 22.9 Å². The lowest BCUT2D eigenvalue weighted by Crippen LogP contribution is -2.30.